The van der Waals surface area contributed by atoms with Crippen molar-refractivity contribution in [1.29, 1.82) is 0 Å². The highest BCUT2D eigenvalue weighted by atomic mass is 16.2. The van der Waals surface area contributed by atoms with Crippen LogP contribution in [0.5, 0.6) is 0 Å². The van der Waals surface area contributed by atoms with Crippen molar-refractivity contribution in [1.82, 2.24) is 20.1 Å². The van der Waals surface area contributed by atoms with E-state index in [1.54, 1.807) is 43.6 Å². The van der Waals surface area contributed by atoms with Crippen LogP contribution in [0.2, 0.25) is 0 Å². The summed E-state index contributed by atoms with van der Waals surface area (Å²) in [7, 11) is 0. The average Bonchev–Trinajstić information content (AvgIpc) is 3.50. The molecule has 2 amide bonds. The van der Waals surface area contributed by atoms with Gasteiger partial charge >= 0.3 is 0 Å². The fourth-order valence-corrected chi connectivity index (χ4v) is 5.09. The molecule has 36 heavy (non-hydrogen) atoms. The molecule has 182 valence electrons. The number of aliphatic imine (C=N–C) groups is 1. The van der Waals surface area contributed by atoms with Gasteiger partial charge in [0.05, 0.1) is 11.7 Å². The monoisotopic (exact) mass is 481 g/mol. The fraction of sp³-hybridized carbons (Fsp3) is 0.259. The first-order valence-corrected chi connectivity index (χ1v) is 11.8. The first kappa shape index (κ1) is 23.2. The minimum absolute atomic E-state index is 0.127. The standard InChI is InChI=1S/C27H27N7O2/c1-3-7-22(35)33-16-6-8-20(33)27(2)32-23(24-25(28)30-15-17-34(24)27)18-10-12-19(13-11-18)26(36)31-21-9-4-5-14-29-21/h4-5,9-15,17,20,32H,6,8,16H2,1-2H3,(H2,28,30)(H,29,31,36)/t20-,27-/m1/s1. The number of benzene rings is 1. The molecule has 1 aromatic heterocycles. The largest absolute Gasteiger partial charge is 0.382 e. The second-order valence-corrected chi connectivity index (χ2v) is 8.96. The topological polar surface area (TPSA) is 116 Å². The smallest absolute Gasteiger partial charge is 0.298 e. The highest BCUT2D eigenvalue weighted by Crippen LogP contribution is 2.41. The van der Waals surface area contributed by atoms with E-state index in [9.17, 15) is 9.59 Å². The maximum absolute atomic E-state index is 12.7. The summed E-state index contributed by atoms with van der Waals surface area (Å²) >= 11 is 0. The van der Waals surface area contributed by atoms with E-state index >= 15 is 0 Å². The lowest BCUT2D eigenvalue weighted by atomic mass is 9.98. The highest BCUT2D eigenvalue weighted by Gasteiger charge is 2.52. The van der Waals surface area contributed by atoms with Crippen LogP contribution in [0.25, 0.3) is 5.70 Å². The summed E-state index contributed by atoms with van der Waals surface area (Å²) in [6.45, 7) is 4.38. The molecule has 1 aromatic carbocycles. The predicted molar refractivity (Wildman–Crippen MR) is 138 cm³/mol. The van der Waals surface area contributed by atoms with Gasteiger partial charge in [-0.3, -0.25) is 9.59 Å². The highest BCUT2D eigenvalue weighted by molar-refractivity contribution is 6.06. The van der Waals surface area contributed by atoms with Gasteiger partial charge in [-0.1, -0.05) is 24.1 Å². The van der Waals surface area contributed by atoms with Gasteiger partial charge in [0.25, 0.3) is 11.8 Å². The number of amides is 2. The Morgan fingerprint density at radius 3 is 2.75 bits per heavy atom. The van der Waals surface area contributed by atoms with Gasteiger partial charge in [-0.2, -0.15) is 0 Å². The van der Waals surface area contributed by atoms with E-state index in [0.717, 1.165) is 29.8 Å². The molecule has 2 atom stereocenters. The number of fused-ring (bicyclic) bond motifs is 1. The zero-order valence-corrected chi connectivity index (χ0v) is 20.2. The number of likely N-dealkylation sites (tertiary alicyclic amines) is 1. The number of amidine groups is 1. The molecular formula is C27H27N7O2. The van der Waals surface area contributed by atoms with Crippen molar-refractivity contribution in [3.8, 4) is 11.8 Å². The average molecular weight is 482 g/mol. The second-order valence-electron chi connectivity index (χ2n) is 8.96. The maximum atomic E-state index is 12.7. The molecule has 0 aliphatic carbocycles. The van der Waals surface area contributed by atoms with Crippen LogP contribution in [-0.2, 0) is 4.79 Å². The van der Waals surface area contributed by atoms with E-state index in [0.29, 0.717) is 23.8 Å². The maximum Gasteiger partial charge on any atom is 0.298 e. The van der Waals surface area contributed by atoms with Crippen LogP contribution in [0.3, 0.4) is 0 Å². The molecule has 0 unspecified atom stereocenters. The van der Waals surface area contributed by atoms with E-state index in [2.05, 4.69) is 44.3 Å². The number of nitrogens with zero attached hydrogens (tertiary/aromatic N) is 4. The summed E-state index contributed by atoms with van der Waals surface area (Å²) in [5.41, 5.74) is 8.59. The van der Waals surface area contributed by atoms with Gasteiger partial charge < -0.3 is 26.2 Å². The Morgan fingerprint density at radius 1 is 1.22 bits per heavy atom. The van der Waals surface area contributed by atoms with E-state index in [1.807, 2.05) is 29.3 Å². The van der Waals surface area contributed by atoms with Gasteiger partial charge in [-0.15, -0.1) is 0 Å². The van der Waals surface area contributed by atoms with Crippen LogP contribution in [-0.4, -0.2) is 50.7 Å². The van der Waals surface area contributed by atoms with Crippen molar-refractivity contribution in [3.63, 3.8) is 0 Å². The lowest BCUT2D eigenvalue weighted by molar-refractivity contribution is -0.128. The van der Waals surface area contributed by atoms with Gasteiger partial charge in [-0.05, 0) is 62.4 Å². The lowest BCUT2D eigenvalue weighted by Gasteiger charge is -2.44. The molecule has 3 aliphatic heterocycles. The van der Waals surface area contributed by atoms with Crippen molar-refractivity contribution in [2.45, 2.75) is 38.4 Å². The molecule has 2 aromatic rings. The molecule has 9 nitrogen and oxygen atoms in total. The Hall–Kier alpha value is -4.58. The first-order valence-electron chi connectivity index (χ1n) is 11.8. The van der Waals surface area contributed by atoms with Gasteiger partial charge in [0.2, 0.25) is 0 Å². The quantitative estimate of drug-likeness (QED) is 0.578. The zero-order valence-electron chi connectivity index (χ0n) is 20.2. The number of rotatable bonds is 4. The number of hydrogen-bond acceptors (Lipinski definition) is 7. The lowest BCUT2D eigenvalue weighted by Crippen LogP contribution is -2.62. The third-order valence-corrected chi connectivity index (χ3v) is 6.76. The SMILES string of the molecule is CC#CC(=O)N1CCC[C@@H]1[C@]1(C)NC(c2ccc(C(=O)Nc3ccccn3)cc2)=C2C(N)=NC=CN21. The van der Waals surface area contributed by atoms with Crippen molar-refractivity contribution in [2.24, 2.45) is 10.7 Å². The Morgan fingerprint density at radius 2 is 2.03 bits per heavy atom. The van der Waals surface area contributed by atoms with E-state index < -0.39 is 5.66 Å². The molecule has 1 saturated heterocycles. The second kappa shape index (κ2) is 9.23. The minimum Gasteiger partial charge on any atom is -0.382 e. The molecule has 4 N–H and O–H groups in total. The number of aromatic nitrogens is 1. The minimum atomic E-state index is -0.654. The third kappa shape index (κ3) is 3.96. The molecular weight excluding hydrogens is 454 g/mol. The van der Waals surface area contributed by atoms with E-state index in [-0.39, 0.29) is 17.9 Å². The van der Waals surface area contributed by atoms with Crippen molar-refractivity contribution in [2.75, 3.05) is 11.9 Å². The van der Waals surface area contributed by atoms with Crippen molar-refractivity contribution < 1.29 is 9.59 Å². The number of pyridine rings is 1. The Balaban J connectivity index is 1.45. The van der Waals surface area contributed by atoms with Gasteiger partial charge in [0.15, 0.2) is 0 Å². The Kier molecular flexibility index (Phi) is 5.94. The summed E-state index contributed by atoms with van der Waals surface area (Å²) in [4.78, 5) is 37.8. The molecule has 0 saturated carbocycles. The van der Waals surface area contributed by atoms with Crippen molar-refractivity contribution in [3.05, 3.63) is 77.9 Å². The molecule has 4 heterocycles. The van der Waals surface area contributed by atoms with Crippen LogP contribution in [0, 0.1) is 11.8 Å². The van der Waals surface area contributed by atoms with E-state index in [4.69, 9.17) is 5.73 Å². The van der Waals surface area contributed by atoms with Crippen LogP contribution < -0.4 is 16.4 Å². The van der Waals surface area contributed by atoms with Crippen LogP contribution in [0.15, 0.2) is 71.8 Å². The summed E-state index contributed by atoms with van der Waals surface area (Å²) < 4.78 is 0. The number of carbonyl (C=O) groups excluding carboxylic acids is 2. The Bertz CT molecular complexity index is 1350. The Labute approximate surface area is 209 Å². The summed E-state index contributed by atoms with van der Waals surface area (Å²) in [6, 6.07) is 12.5. The van der Waals surface area contributed by atoms with Crippen LogP contribution in [0.4, 0.5) is 5.82 Å². The molecule has 0 radical (unpaired) electrons. The number of nitrogens with two attached hydrogens (primary N) is 1. The van der Waals surface area contributed by atoms with Crippen LogP contribution in [0.1, 0.15) is 42.6 Å². The number of carbonyl (C=O) groups is 2. The first-order chi connectivity index (χ1) is 17.4. The number of nitrogens with one attached hydrogen (secondary N) is 2. The van der Waals surface area contributed by atoms with Crippen LogP contribution >= 0.6 is 0 Å². The van der Waals surface area contributed by atoms with E-state index in [1.165, 1.54) is 0 Å². The summed E-state index contributed by atoms with van der Waals surface area (Å²) in [6.07, 6.45) is 6.90. The molecule has 1 fully saturated rings. The summed E-state index contributed by atoms with van der Waals surface area (Å²) in [5, 5.41) is 6.45. The van der Waals surface area contributed by atoms with Gasteiger partial charge in [0, 0.05) is 30.7 Å². The van der Waals surface area contributed by atoms with Gasteiger partial charge in [-0.25, -0.2) is 9.98 Å². The normalized spacial score (nSPS) is 22.4. The van der Waals surface area contributed by atoms with Crippen molar-refractivity contribution >= 4 is 29.2 Å². The third-order valence-electron chi connectivity index (χ3n) is 6.76. The molecule has 5 rings (SSSR count). The fourth-order valence-electron chi connectivity index (χ4n) is 5.09. The number of anilines is 1. The van der Waals surface area contributed by atoms with Gasteiger partial charge in [0.1, 0.15) is 23.0 Å². The number of hydrogen-bond donors (Lipinski definition) is 3. The predicted octanol–water partition coefficient (Wildman–Crippen LogP) is 2.48. The molecule has 0 spiro atoms. The molecule has 0 bridgehead atoms. The zero-order chi connectivity index (χ0) is 25.3. The summed E-state index contributed by atoms with van der Waals surface area (Å²) in [5.74, 6) is 5.85. The molecule has 3 aliphatic rings. The molecule has 9 heteroatoms.